The lowest BCUT2D eigenvalue weighted by molar-refractivity contribution is -0.135. The first-order valence-corrected chi connectivity index (χ1v) is 9.48. The van der Waals surface area contributed by atoms with Crippen molar-refractivity contribution in [3.8, 4) is 0 Å². The van der Waals surface area contributed by atoms with Gasteiger partial charge in [0.1, 0.15) is 5.82 Å². The van der Waals surface area contributed by atoms with Crippen LogP contribution in [0.1, 0.15) is 31.7 Å². The van der Waals surface area contributed by atoms with Crippen LogP contribution in [-0.4, -0.2) is 49.2 Å². The van der Waals surface area contributed by atoms with Crippen molar-refractivity contribution in [3.63, 3.8) is 0 Å². The predicted octanol–water partition coefficient (Wildman–Crippen LogP) is 2.99. The van der Waals surface area contributed by atoms with Gasteiger partial charge in [0.05, 0.1) is 12.2 Å². The van der Waals surface area contributed by atoms with Gasteiger partial charge in [-0.2, -0.15) is 0 Å². The second-order valence-corrected chi connectivity index (χ2v) is 7.86. The Morgan fingerprint density at radius 3 is 2.68 bits per heavy atom. The molecule has 1 saturated carbocycles. The summed E-state index contributed by atoms with van der Waals surface area (Å²) in [5, 5.41) is 0. The lowest BCUT2D eigenvalue weighted by Crippen LogP contribution is -2.50. The number of nitrogens with zero attached hydrogens (tertiary/aromatic N) is 2. The van der Waals surface area contributed by atoms with Crippen LogP contribution in [0.4, 0.5) is 10.1 Å². The van der Waals surface area contributed by atoms with E-state index in [1.165, 1.54) is 18.9 Å². The summed E-state index contributed by atoms with van der Waals surface area (Å²) in [6.45, 7) is 6.95. The number of epoxide rings is 1. The summed E-state index contributed by atoms with van der Waals surface area (Å²) in [4.78, 5) is 16.9. The fraction of sp³-hybridized carbons (Fsp3) is 0.650. The van der Waals surface area contributed by atoms with Crippen molar-refractivity contribution >= 4 is 11.6 Å². The van der Waals surface area contributed by atoms with Gasteiger partial charge in [0.2, 0.25) is 5.91 Å². The molecule has 5 heteroatoms. The molecule has 0 spiro atoms. The zero-order valence-electron chi connectivity index (χ0n) is 15.1. The monoisotopic (exact) mass is 346 g/mol. The largest absolute Gasteiger partial charge is 0.369 e. The lowest BCUT2D eigenvalue weighted by Gasteiger charge is -2.37. The number of piperazine rings is 1. The Kier molecular flexibility index (Phi) is 4.44. The minimum absolute atomic E-state index is 0.0243. The quantitative estimate of drug-likeness (QED) is 0.769. The summed E-state index contributed by atoms with van der Waals surface area (Å²) >= 11 is 0. The lowest BCUT2D eigenvalue weighted by atomic mass is 10.0. The second kappa shape index (κ2) is 6.60. The van der Waals surface area contributed by atoms with Gasteiger partial charge in [-0.15, -0.1) is 0 Å². The number of hydrogen-bond donors (Lipinski definition) is 0. The first-order valence-electron chi connectivity index (χ1n) is 9.48. The van der Waals surface area contributed by atoms with E-state index in [1.54, 1.807) is 6.07 Å². The number of rotatable bonds is 5. The van der Waals surface area contributed by atoms with Gasteiger partial charge in [-0.1, -0.05) is 13.0 Å². The normalized spacial score (nSPS) is 27.3. The van der Waals surface area contributed by atoms with Crippen molar-refractivity contribution in [2.75, 3.05) is 31.1 Å². The van der Waals surface area contributed by atoms with Gasteiger partial charge in [-0.3, -0.25) is 4.79 Å². The Hall–Kier alpha value is -1.62. The SMILES string of the molecule is Cc1ccc(F)cc1N1CCN(C(=O)C(C)CC2OC2C2CC2)CC1. The number of benzene rings is 1. The molecule has 0 radical (unpaired) electrons. The van der Waals surface area contributed by atoms with Gasteiger partial charge >= 0.3 is 0 Å². The number of halogens is 1. The van der Waals surface area contributed by atoms with Crippen LogP contribution < -0.4 is 4.90 Å². The third kappa shape index (κ3) is 3.66. The number of hydrogen-bond acceptors (Lipinski definition) is 3. The van der Waals surface area contributed by atoms with E-state index < -0.39 is 0 Å². The number of carbonyl (C=O) groups is 1. The van der Waals surface area contributed by atoms with Gasteiger partial charge in [0.25, 0.3) is 0 Å². The average Bonchev–Trinajstić information content (AvgIpc) is 3.50. The molecule has 1 aromatic carbocycles. The van der Waals surface area contributed by atoms with Crippen LogP contribution in [-0.2, 0) is 9.53 Å². The molecule has 3 fully saturated rings. The summed E-state index contributed by atoms with van der Waals surface area (Å²) in [5.74, 6) is 0.824. The van der Waals surface area contributed by atoms with E-state index in [-0.39, 0.29) is 17.6 Å². The number of carbonyl (C=O) groups excluding carboxylic acids is 1. The molecule has 2 heterocycles. The molecule has 2 aliphatic heterocycles. The summed E-state index contributed by atoms with van der Waals surface area (Å²) < 4.78 is 19.3. The van der Waals surface area contributed by atoms with Crippen LogP contribution in [0.2, 0.25) is 0 Å². The summed E-state index contributed by atoms with van der Waals surface area (Å²) in [7, 11) is 0. The Balaban J connectivity index is 1.29. The average molecular weight is 346 g/mol. The van der Waals surface area contributed by atoms with E-state index in [0.717, 1.165) is 36.7 Å². The molecule has 25 heavy (non-hydrogen) atoms. The summed E-state index contributed by atoms with van der Waals surface area (Å²) in [6, 6.07) is 4.91. The van der Waals surface area contributed by atoms with Crippen LogP contribution in [0.5, 0.6) is 0 Å². The summed E-state index contributed by atoms with van der Waals surface area (Å²) in [6.07, 6.45) is 4.18. The highest BCUT2D eigenvalue weighted by molar-refractivity contribution is 5.79. The van der Waals surface area contributed by atoms with E-state index in [0.29, 0.717) is 25.3 Å². The number of ether oxygens (including phenoxy) is 1. The Morgan fingerprint density at radius 1 is 1.28 bits per heavy atom. The maximum atomic E-state index is 13.5. The van der Waals surface area contributed by atoms with Crippen molar-refractivity contribution < 1.29 is 13.9 Å². The molecule has 0 bridgehead atoms. The van der Waals surface area contributed by atoms with Crippen LogP contribution >= 0.6 is 0 Å². The Labute approximate surface area is 148 Å². The molecule has 1 aliphatic carbocycles. The molecule has 1 amide bonds. The van der Waals surface area contributed by atoms with Crippen LogP contribution in [0.3, 0.4) is 0 Å². The molecule has 4 nitrogen and oxygen atoms in total. The van der Waals surface area contributed by atoms with E-state index in [4.69, 9.17) is 4.74 Å². The van der Waals surface area contributed by atoms with Crippen molar-refractivity contribution in [1.29, 1.82) is 0 Å². The zero-order valence-corrected chi connectivity index (χ0v) is 15.1. The molecular formula is C20H27FN2O2. The number of aryl methyl sites for hydroxylation is 1. The topological polar surface area (TPSA) is 36.1 Å². The zero-order chi connectivity index (χ0) is 17.6. The minimum atomic E-state index is -0.206. The van der Waals surface area contributed by atoms with Gasteiger partial charge in [-0.05, 0) is 49.8 Å². The molecule has 1 aromatic rings. The van der Waals surface area contributed by atoms with Crippen molar-refractivity contribution in [1.82, 2.24) is 4.90 Å². The van der Waals surface area contributed by atoms with E-state index in [9.17, 15) is 9.18 Å². The van der Waals surface area contributed by atoms with E-state index >= 15 is 0 Å². The van der Waals surface area contributed by atoms with Crippen LogP contribution in [0.25, 0.3) is 0 Å². The van der Waals surface area contributed by atoms with Gasteiger partial charge in [-0.25, -0.2) is 4.39 Å². The molecule has 4 rings (SSSR count). The van der Waals surface area contributed by atoms with Gasteiger partial charge in [0, 0.05) is 37.8 Å². The standard InChI is InChI=1S/C20H27FN2O2/c1-13-3-6-16(21)12-17(13)22-7-9-23(10-8-22)20(24)14(2)11-18-19(25-18)15-4-5-15/h3,6,12,14-15,18-19H,4-5,7-11H2,1-2H3. The third-order valence-corrected chi connectivity index (χ3v) is 5.82. The third-order valence-electron chi connectivity index (χ3n) is 5.82. The maximum absolute atomic E-state index is 13.5. The Morgan fingerprint density at radius 2 is 2.00 bits per heavy atom. The van der Waals surface area contributed by atoms with Crippen molar-refractivity contribution in [3.05, 3.63) is 29.6 Å². The molecular weight excluding hydrogens is 319 g/mol. The maximum Gasteiger partial charge on any atom is 0.225 e. The molecule has 2 saturated heterocycles. The van der Waals surface area contributed by atoms with Crippen molar-refractivity contribution in [2.45, 2.75) is 45.3 Å². The fourth-order valence-corrected chi connectivity index (χ4v) is 4.04. The number of amides is 1. The highest BCUT2D eigenvalue weighted by Gasteiger charge is 2.50. The predicted molar refractivity (Wildman–Crippen MR) is 95.1 cm³/mol. The summed E-state index contributed by atoms with van der Waals surface area (Å²) in [5.41, 5.74) is 2.02. The molecule has 3 atom stereocenters. The fourth-order valence-electron chi connectivity index (χ4n) is 4.04. The highest BCUT2D eigenvalue weighted by atomic mass is 19.1. The van der Waals surface area contributed by atoms with Crippen molar-refractivity contribution in [2.24, 2.45) is 11.8 Å². The molecule has 136 valence electrons. The molecule has 0 N–H and O–H groups in total. The van der Waals surface area contributed by atoms with E-state index in [1.807, 2.05) is 24.8 Å². The Bertz CT molecular complexity index is 653. The first-order chi connectivity index (χ1) is 12.0. The first kappa shape index (κ1) is 16.8. The molecule has 3 aliphatic rings. The smallest absolute Gasteiger partial charge is 0.225 e. The van der Waals surface area contributed by atoms with Gasteiger partial charge < -0.3 is 14.5 Å². The highest BCUT2D eigenvalue weighted by Crippen LogP contribution is 2.46. The van der Waals surface area contributed by atoms with E-state index in [2.05, 4.69) is 4.90 Å². The molecule has 3 unspecified atom stereocenters. The minimum Gasteiger partial charge on any atom is -0.369 e. The number of anilines is 1. The molecule has 0 aromatic heterocycles. The van der Waals surface area contributed by atoms with Crippen LogP contribution in [0, 0.1) is 24.6 Å². The van der Waals surface area contributed by atoms with Crippen LogP contribution in [0.15, 0.2) is 18.2 Å². The van der Waals surface area contributed by atoms with Gasteiger partial charge in [0.15, 0.2) is 0 Å². The second-order valence-electron chi connectivity index (χ2n) is 7.86.